The molecule has 147 valence electrons. The van der Waals surface area contributed by atoms with Gasteiger partial charge in [-0.2, -0.15) is 0 Å². The Kier molecular flexibility index (Phi) is 5.56. The fourth-order valence-electron chi connectivity index (χ4n) is 6.39. The standard InChI is InChI=1S/C29H26Si.Na/c1-2-30(27-18-15-21-9-3-6-12-24(21)27,28-19-16-22-10-4-7-13-25(22)28)29-20-17-23-11-5-8-14-26(23)29;/h3-20,27-29H,2H2,1H3;. The first-order valence-corrected chi connectivity index (χ1v) is 13.6. The maximum atomic E-state index is 2.55. The topological polar surface area (TPSA) is 0 Å². The van der Waals surface area contributed by atoms with Crippen LogP contribution in [0.1, 0.15) is 56.9 Å². The van der Waals surface area contributed by atoms with Crippen LogP contribution in [0.3, 0.4) is 0 Å². The Hall–Kier alpha value is -1.90. The van der Waals surface area contributed by atoms with E-state index in [-0.39, 0.29) is 29.6 Å². The molecular formula is C29H26NaSi. The van der Waals surface area contributed by atoms with Crippen LogP contribution in [0.25, 0.3) is 18.2 Å². The Labute approximate surface area is 208 Å². The summed E-state index contributed by atoms with van der Waals surface area (Å²) in [5.41, 5.74) is 10.5. The summed E-state index contributed by atoms with van der Waals surface area (Å²) < 4.78 is 0. The number of allylic oxidation sites excluding steroid dienone is 3. The van der Waals surface area contributed by atoms with Crippen molar-refractivity contribution >= 4 is 55.9 Å². The van der Waals surface area contributed by atoms with Gasteiger partial charge in [-0.3, -0.25) is 0 Å². The third kappa shape index (κ3) is 3.06. The molecule has 0 spiro atoms. The van der Waals surface area contributed by atoms with Crippen LogP contribution in [0.2, 0.25) is 6.04 Å². The molecular weight excluding hydrogens is 399 g/mol. The van der Waals surface area contributed by atoms with Crippen molar-refractivity contribution < 1.29 is 0 Å². The van der Waals surface area contributed by atoms with Crippen molar-refractivity contribution in [1.29, 1.82) is 0 Å². The van der Waals surface area contributed by atoms with Crippen molar-refractivity contribution in [2.24, 2.45) is 0 Å². The predicted molar refractivity (Wildman–Crippen MR) is 137 cm³/mol. The van der Waals surface area contributed by atoms with Crippen LogP contribution in [0, 0.1) is 0 Å². The summed E-state index contributed by atoms with van der Waals surface area (Å²) in [4.78, 5) is 0. The zero-order valence-corrected chi connectivity index (χ0v) is 21.3. The number of hydrogen-bond acceptors (Lipinski definition) is 0. The molecule has 3 aromatic rings. The van der Waals surface area contributed by atoms with Crippen molar-refractivity contribution in [2.45, 2.75) is 29.6 Å². The van der Waals surface area contributed by atoms with E-state index in [2.05, 4.69) is 116 Å². The third-order valence-electron chi connectivity index (χ3n) is 7.75. The predicted octanol–water partition coefficient (Wildman–Crippen LogP) is 7.12. The van der Waals surface area contributed by atoms with E-state index in [9.17, 15) is 0 Å². The molecule has 6 rings (SSSR count). The van der Waals surface area contributed by atoms with Gasteiger partial charge >= 0.3 is 0 Å². The fourth-order valence-corrected chi connectivity index (χ4v) is 12.8. The molecule has 3 aliphatic carbocycles. The summed E-state index contributed by atoms with van der Waals surface area (Å²) in [6.07, 6.45) is 14.8. The zero-order valence-electron chi connectivity index (χ0n) is 18.3. The molecule has 0 saturated heterocycles. The maximum Gasteiger partial charge on any atom is 0.0885 e. The number of hydrogen-bond donors (Lipinski definition) is 0. The fraction of sp³-hybridized carbons (Fsp3) is 0.172. The molecule has 3 aromatic carbocycles. The van der Waals surface area contributed by atoms with Gasteiger partial charge in [0.15, 0.2) is 0 Å². The summed E-state index contributed by atoms with van der Waals surface area (Å²) in [6.45, 7) is 2.46. The Bertz CT molecular complexity index is 1070. The van der Waals surface area contributed by atoms with E-state index in [1.807, 2.05) is 0 Å². The third-order valence-corrected chi connectivity index (χ3v) is 14.0. The number of fused-ring (bicyclic) bond motifs is 3. The van der Waals surface area contributed by atoms with Gasteiger partial charge in [0.25, 0.3) is 0 Å². The second-order valence-corrected chi connectivity index (χ2v) is 13.7. The zero-order chi connectivity index (χ0) is 20.1. The molecule has 0 bridgehead atoms. The normalized spacial score (nSPS) is 23.7. The minimum absolute atomic E-state index is 0. The van der Waals surface area contributed by atoms with Crippen LogP contribution in [0.4, 0.5) is 0 Å². The Balaban J connectivity index is 0.00000204. The first kappa shape index (κ1) is 21.0. The van der Waals surface area contributed by atoms with E-state index in [1.54, 1.807) is 16.7 Å². The van der Waals surface area contributed by atoms with Gasteiger partial charge in [-0.1, -0.05) is 122 Å². The molecule has 0 saturated carbocycles. The van der Waals surface area contributed by atoms with Gasteiger partial charge in [0.1, 0.15) is 0 Å². The summed E-state index contributed by atoms with van der Waals surface area (Å²) >= 11 is 0. The minimum Gasteiger partial charge on any atom is -0.0790 e. The first-order valence-electron chi connectivity index (χ1n) is 11.1. The maximum absolute atomic E-state index is 2.55. The molecule has 0 aliphatic heterocycles. The molecule has 2 heteroatoms. The van der Waals surface area contributed by atoms with Crippen molar-refractivity contribution in [2.75, 3.05) is 0 Å². The van der Waals surface area contributed by atoms with Crippen molar-refractivity contribution in [3.05, 3.63) is 124 Å². The number of benzene rings is 3. The van der Waals surface area contributed by atoms with E-state index in [1.165, 1.54) is 22.7 Å². The van der Waals surface area contributed by atoms with E-state index in [0.29, 0.717) is 16.6 Å². The molecule has 0 amide bonds. The SMILES string of the molecule is CC[Si](C1C=Cc2ccccc21)(C1C=Cc2ccccc21)C1C=Cc2ccccc21.[Na]. The van der Waals surface area contributed by atoms with Gasteiger partial charge in [0.2, 0.25) is 0 Å². The molecule has 3 unspecified atom stereocenters. The van der Waals surface area contributed by atoms with Gasteiger partial charge < -0.3 is 0 Å². The largest absolute Gasteiger partial charge is 0.0885 e. The van der Waals surface area contributed by atoms with Gasteiger partial charge in [-0.05, 0) is 50.0 Å². The average molecular weight is 426 g/mol. The summed E-state index contributed by atoms with van der Waals surface area (Å²) in [5, 5.41) is 0. The Morgan fingerprint density at radius 3 is 1.19 bits per heavy atom. The molecule has 0 fully saturated rings. The van der Waals surface area contributed by atoms with Crippen molar-refractivity contribution in [1.82, 2.24) is 0 Å². The smallest absolute Gasteiger partial charge is 0.0790 e. The van der Waals surface area contributed by atoms with Crippen LogP contribution in [-0.2, 0) is 0 Å². The van der Waals surface area contributed by atoms with Crippen LogP contribution in [-0.4, -0.2) is 37.6 Å². The van der Waals surface area contributed by atoms with E-state index in [4.69, 9.17) is 0 Å². The molecule has 0 heterocycles. The Morgan fingerprint density at radius 1 is 0.548 bits per heavy atom. The molecule has 3 aliphatic rings. The van der Waals surface area contributed by atoms with Crippen LogP contribution in [0.15, 0.2) is 91.0 Å². The van der Waals surface area contributed by atoms with E-state index in [0.717, 1.165) is 0 Å². The molecule has 0 N–H and O–H groups in total. The van der Waals surface area contributed by atoms with E-state index < -0.39 is 8.07 Å². The van der Waals surface area contributed by atoms with E-state index >= 15 is 0 Å². The van der Waals surface area contributed by atoms with Crippen LogP contribution < -0.4 is 0 Å². The molecule has 3 atom stereocenters. The second kappa shape index (κ2) is 8.22. The quantitative estimate of drug-likeness (QED) is 0.390. The van der Waals surface area contributed by atoms with Gasteiger partial charge in [-0.15, -0.1) is 0 Å². The summed E-state index contributed by atoms with van der Waals surface area (Å²) in [7, 11) is -1.98. The summed E-state index contributed by atoms with van der Waals surface area (Å²) in [5.74, 6) is 0. The minimum atomic E-state index is -1.98. The monoisotopic (exact) mass is 425 g/mol. The van der Waals surface area contributed by atoms with Gasteiger partial charge in [-0.25, -0.2) is 0 Å². The summed E-state index contributed by atoms with van der Waals surface area (Å²) in [6, 6.07) is 28.5. The van der Waals surface area contributed by atoms with Gasteiger partial charge in [0, 0.05) is 29.6 Å². The molecule has 1 radical (unpaired) electrons. The van der Waals surface area contributed by atoms with Crippen molar-refractivity contribution in [3.8, 4) is 0 Å². The first-order chi connectivity index (χ1) is 14.8. The molecule has 0 aromatic heterocycles. The number of rotatable bonds is 4. The second-order valence-electron chi connectivity index (χ2n) is 8.86. The molecule has 31 heavy (non-hydrogen) atoms. The van der Waals surface area contributed by atoms with Gasteiger partial charge in [0.05, 0.1) is 8.07 Å². The van der Waals surface area contributed by atoms with Crippen molar-refractivity contribution in [3.63, 3.8) is 0 Å². The van der Waals surface area contributed by atoms with Crippen LogP contribution >= 0.6 is 0 Å². The van der Waals surface area contributed by atoms with Crippen LogP contribution in [0.5, 0.6) is 0 Å². The average Bonchev–Trinajstić information content (AvgIpc) is 3.53. The molecule has 0 nitrogen and oxygen atoms in total. The Morgan fingerprint density at radius 2 is 0.871 bits per heavy atom.